The number of aliphatic hydroxyl groups excluding tert-OH is 1. The summed E-state index contributed by atoms with van der Waals surface area (Å²) in [6.45, 7) is 0.626. The highest BCUT2D eigenvalue weighted by atomic mass is 16.3. The van der Waals surface area contributed by atoms with E-state index in [1.165, 1.54) is 0 Å². The summed E-state index contributed by atoms with van der Waals surface area (Å²) in [4.78, 5) is 0. The molecule has 3 nitrogen and oxygen atoms in total. The number of hydrogen-bond donors (Lipinski definition) is 3. The van der Waals surface area contributed by atoms with Crippen molar-refractivity contribution in [2.45, 2.75) is 25.2 Å². The van der Waals surface area contributed by atoms with E-state index in [4.69, 9.17) is 5.73 Å². The highest BCUT2D eigenvalue weighted by molar-refractivity contribution is 5.37. The predicted octanol–water partition coefficient (Wildman–Crippen LogP) is 1.60. The molecule has 0 amide bonds. The van der Waals surface area contributed by atoms with E-state index in [1.807, 2.05) is 12.1 Å². The minimum absolute atomic E-state index is 0.0625. The van der Waals surface area contributed by atoms with Gasteiger partial charge in [-0.15, -0.1) is 0 Å². The molecule has 0 radical (unpaired) electrons. The fourth-order valence-corrected chi connectivity index (χ4v) is 2.74. The molecule has 0 aliphatic heterocycles. The summed E-state index contributed by atoms with van der Waals surface area (Å²) in [5, 5.41) is 19.4. The van der Waals surface area contributed by atoms with Crippen molar-refractivity contribution in [3.63, 3.8) is 0 Å². The van der Waals surface area contributed by atoms with Gasteiger partial charge < -0.3 is 15.9 Å². The summed E-state index contributed by atoms with van der Waals surface area (Å²) in [6.07, 6.45) is 3.14. The summed E-state index contributed by atoms with van der Waals surface area (Å²) < 4.78 is 0. The van der Waals surface area contributed by atoms with Crippen LogP contribution in [0.3, 0.4) is 0 Å². The first-order valence-electron chi connectivity index (χ1n) is 5.82. The van der Waals surface area contributed by atoms with E-state index in [9.17, 15) is 10.2 Å². The van der Waals surface area contributed by atoms with Gasteiger partial charge in [-0.25, -0.2) is 0 Å². The molecule has 0 unspecified atom stereocenters. The van der Waals surface area contributed by atoms with E-state index < -0.39 is 0 Å². The van der Waals surface area contributed by atoms with Gasteiger partial charge in [0.25, 0.3) is 0 Å². The SMILES string of the molecule is NC[C@H](c1ccccc1O)C1(CO)CCC1. The zero-order valence-corrected chi connectivity index (χ0v) is 9.39. The maximum absolute atomic E-state index is 9.85. The summed E-state index contributed by atoms with van der Waals surface area (Å²) in [5.74, 6) is 0.352. The molecule has 1 aromatic carbocycles. The van der Waals surface area contributed by atoms with Gasteiger partial charge in [-0.05, 0) is 31.0 Å². The standard InChI is InChI=1S/C13H19NO2/c14-8-11(13(9-15)6-3-7-13)10-4-1-2-5-12(10)16/h1-2,4-5,11,15-16H,3,6-9,14H2/t11-/m1/s1. The third-order valence-electron chi connectivity index (χ3n) is 3.95. The smallest absolute Gasteiger partial charge is 0.119 e. The van der Waals surface area contributed by atoms with Crippen LogP contribution in [-0.4, -0.2) is 23.4 Å². The van der Waals surface area contributed by atoms with Crippen LogP contribution in [0.1, 0.15) is 30.7 Å². The van der Waals surface area contributed by atoms with E-state index in [2.05, 4.69) is 0 Å². The molecule has 1 saturated carbocycles. The highest BCUT2D eigenvalue weighted by Gasteiger charge is 2.44. The van der Waals surface area contributed by atoms with E-state index in [0.717, 1.165) is 24.8 Å². The van der Waals surface area contributed by atoms with E-state index in [0.29, 0.717) is 6.54 Å². The third kappa shape index (κ3) is 1.70. The zero-order chi connectivity index (χ0) is 11.6. The first-order valence-corrected chi connectivity index (χ1v) is 5.82. The van der Waals surface area contributed by atoms with Crippen LogP contribution in [0.25, 0.3) is 0 Å². The molecule has 1 aromatic rings. The fourth-order valence-electron chi connectivity index (χ4n) is 2.74. The maximum atomic E-state index is 9.85. The lowest BCUT2D eigenvalue weighted by Gasteiger charge is -2.46. The Morgan fingerprint density at radius 3 is 2.44 bits per heavy atom. The minimum atomic E-state index is -0.104. The summed E-state index contributed by atoms with van der Waals surface area (Å²) >= 11 is 0. The molecule has 1 aliphatic carbocycles. The lowest BCUT2D eigenvalue weighted by molar-refractivity contribution is 0.0185. The predicted molar refractivity (Wildman–Crippen MR) is 63.3 cm³/mol. The molecule has 0 aromatic heterocycles. The highest BCUT2D eigenvalue weighted by Crippen LogP contribution is 2.51. The van der Waals surface area contributed by atoms with Gasteiger partial charge in [-0.1, -0.05) is 24.6 Å². The number of nitrogens with two attached hydrogens (primary N) is 1. The van der Waals surface area contributed by atoms with Crippen LogP contribution in [0.4, 0.5) is 0 Å². The van der Waals surface area contributed by atoms with Gasteiger partial charge in [0.15, 0.2) is 0 Å². The molecule has 0 heterocycles. The molecule has 88 valence electrons. The first-order chi connectivity index (χ1) is 7.73. The lowest BCUT2D eigenvalue weighted by atomic mass is 9.59. The van der Waals surface area contributed by atoms with Crippen LogP contribution in [0.5, 0.6) is 5.75 Å². The van der Waals surface area contributed by atoms with Crippen molar-refractivity contribution >= 4 is 0 Å². The van der Waals surface area contributed by atoms with Crippen molar-refractivity contribution in [3.05, 3.63) is 29.8 Å². The summed E-state index contributed by atoms with van der Waals surface area (Å²) in [6, 6.07) is 7.30. The molecule has 16 heavy (non-hydrogen) atoms. The fraction of sp³-hybridized carbons (Fsp3) is 0.538. The van der Waals surface area contributed by atoms with Gasteiger partial charge in [0.2, 0.25) is 0 Å². The third-order valence-corrected chi connectivity index (χ3v) is 3.95. The summed E-state index contributed by atoms with van der Waals surface area (Å²) in [7, 11) is 0. The Bertz CT molecular complexity index is 355. The number of aliphatic hydroxyl groups is 1. The number of phenols is 1. The largest absolute Gasteiger partial charge is 0.508 e. The molecule has 0 saturated heterocycles. The van der Waals surface area contributed by atoms with Gasteiger partial charge in [0.1, 0.15) is 5.75 Å². The van der Waals surface area contributed by atoms with E-state index in [-0.39, 0.29) is 23.7 Å². The van der Waals surface area contributed by atoms with Gasteiger partial charge in [0.05, 0.1) is 0 Å². The molecule has 0 spiro atoms. The Balaban J connectivity index is 2.32. The molecule has 2 rings (SSSR count). The minimum Gasteiger partial charge on any atom is -0.508 e. The van der Waals surface area contributed by atoms with Gasteiger partial charge in [-0.3, -0.25) is 0 Å². The monoisotopic (exact) mass is 221 g/mol. The molecule has 0 bridgehead atoms. The van der Waals surface area contributed by atoms with Crippen LogP contribution in [0, 0.1) is 5.41 Å². The van der Waals surface area contributed by atoms with E-state index >= 15 is 0 Å². The lowest BCUT2D eigenvalue weighted by Crippen LogP contribution is -2.42. The number of aromatic hydroxyl groups is 1. The second-order valence-corrected chi connectivity index (χ2v) is 4.72. The Kier molecular flexibility index (Phi) is 3.17. The van der Waals surface area contributed by atoms with Crippen molar-refractivity contribution < 1.29 is 10.2 Å². The molecule has 1 aliphatic rings. The van der Waals surface area contributed by atoms with Crippen LogP contribution in [0.15, 0.2) is 24.3 Å². The molecular weight excluding hydrogens is 202 g/mol. The quantitative estimate of drug-likeness (QED) is 0.723. The maximum Gasteiger partial charge on any atom is 0.119 e. The van der Waals surface area contributed by atoms with Crippen molar-refractivity contribution in [1.29, 1.82) is 0 Å². The number of para-hydroxylation sites is 1. The van der Waals surface area contributed by atoms with Crippen LogP contribution >= 0.6 is 0 Å². The van der Waals surface area contributed by atoms with E-state index in [1.54, 1.807) is 12.1 Å². The Labute approximate surface area is 95.9 Å². The van der Waals surface area contributed by atoms with Crippen molar-refractivity contribution in [2.24, 2.45) is 11.1 Å². The van der Waals surface area contributed by atoms with Crippen LogP contribution in [0.2, 0.25) is 0 Å². The average Bonchev–Trinajstić information content (AvgIpc) is 2.25. The number of rotatable bonds is 4. The van der Waals surface area contributed by atoms with Crippen LogP contribution < -0.4 is 5.73 Å². The number of benzene rings is 1. The average molecular weight is 221 g/mol. The Hall–Kier alpha value is -1.06. The molecule has 4 N–H and O–H groups in total. The molecular formula is C13H19NO2. The molecule has 1 fully saturated rings. The molecule has 3 heteroatoms. The van der Waals surface area contributed by atoms with Crippen molar-refractivity contribution in [3.8, 4) is 5.75 Å². The van der Waals surface area contributed by atoms with Gasteiger partial charge in [-0.2, -0.15) is 0 Å². The van der Waals surface area contributed by atoms with Gasteiger partial charge in [0, 0.05) is 17.9 Å². The number of hydrogen-bond acceptors (Lipinski definition) is 3. The topological polar surface area (TPSA) is 66.5 Å². The van der Waals surface area contributed by atoms with Crippen molar-refractivity contribution in [2.75, 3.05) is 13.2 Å². The number of phenolic OH excluding ortho intramolecular Hbond substituents is 1. The second kappa shape index (κ2) is 4.44. The normalized spacial score (nSPS) is 20.1. The van der Waals surface area contributed by atoms with Crippen molar-refractivity contribution in [1.82, 2.24) is 0 Å². The zero-order valence-electron chi connectivity index (χ0n) is 9.39. The van der Waals surface area contributed by atoms with Crippen LogP contribution in [-0.2, 0) is 0 Å². The Morgan fingerprint density at radius 1 is 1.31 bits per heavy atom. The second-order valence-electron chi connectivity index (χ2n) is 4.72. The first kappa shape index (κ1) is 11.4. The summed E-state index contributed by atoms with van der Waals surface area (Å²) in [5.41, 5.74) is 6.59. The molecule has 1 atom stereocenters. The Morgan fingerprint density at radius 2 is 2.00 bits per heavy atom. The van der Waals surface area contributed by atoms with Gasteiger partial charge >= 0.3 is 0 Å².